The maximum Gasteiger partial charge on any atom is 0.134 e. The van der Waals surface area contributed by atoms with Crippen molar-refractivity contribution >= 4 is 5.82 Å². The molecule has 1 aliphatic rings. The molecule has 0 aromatic carbocycles. The minimum Gasteiger partial charge on any atom is -0.370 e. The molecular formula is C15H25N3. The molecule has 1 N–H and O–H groups in total. The van der Waals surface area contributed by atoms with E-state index < -0.39 is 0 Å². The van der Waals surface area contributed by atoms with Crippen molar-refractivity contribution in [3.8, 4) is 0 Å². The molecule has 0 radical (unpaired) electrons. The van der Waals surface area contributed by atoms with Gasteiger partial charge in [-0.25, -0.2) is 9.97 Å². The summed E-state index contributed by atoms with van der Waals surface area (Å²) in [4.78, 5) is 9.55. The van der Waals surface area contributed by atoms with Gasteiger partial charge in [-0.2, -0.15) is 0 Å². The third kappa shape index (κ3) is 2.82. The van der Waals surface area contributed by atoms with Crippen LogP contribution in [-0.4, -0.2) is 16.5 Å². The Labute approximate surface area is 110 Å². The zero-order chi connectivity index (χ0) is 13.0. The Balaban J connectivity index is 2.30. The molecule has 3 heteroatoms. The first-order valence-corrected chi connectivity index (χ1v) is 7.37. The first-order valence-electron chi connectivity index (χ1n) is 7.37. The highest BCUT2D eigenvalue weighted by Crippen LogP contribution is 2.32. The second kappa shape index (κ2) is 6.17. The van der Waals surface area contributed by atoms with Crippen LogP contribution in [0.15, 0.2) is 0 Å². The van der Waals surface area contributed by atoms with Crippen LogP contribution < -0.4 is 5.32 Å². The predicted molar refractivity (Wildman–Crippen MR) is 76.1 cm³/mol. The smallest absolute Gasteiger partial charge is 0.134 e. The van der Waals surface area contributed by atoms with Crippen molar-refractivity contribution in [2.45, 2.75) is 65.2 Å². The summed E-state index contributed by atoms with van der Waals surface area (Å²) in [6.07, 6.45) is 7.56. The molecular weight excluding hydrogens is 222 g/mol. The fraction of sp³-hybridized carbons (Fsp3) is 0.733. The summed E-state index contributed by atoms with van der Waals surface area (Å²) in [5.41, 5.74) is 2.43. The number of anilines is 1. The van der Waals surface area contributed by atoms with E-state index in [-0.39, 0.29) is 0 Å². The van der Waals surface area contributed by atoms with Crippen molar-refractivity contribution in [1.82, 2.24) is 9.97 Å². The Kier molecular flexibility index (Phi) is 4.56. The molecule has 2 rings (SSSR count). The summed E-state index contributed by atoms with van der Waals surface area (Å²) >= 11 is 0. The molecule has 0 spiro atoms. The quantitative estimate of drug-likeness (QED) is 0.878. The standard InChI is InChI=1S/C15H25N3/c1-4-13-11(3)17-14(18-15(13)16-5-2)12-9-7-6-8-10-12/h12H,4-10H2,1-3H3,(H,16,17,18). The molecule has 0 aliphatic heterocycles. The molecule has 1 fully saturated rings. The molecule has 1 aromatic heterocycles. The molecule has 1 saturated carbocycles. The van der Waals surface area contributed by atoms with E-state index in [4.69, 9.17) is 9.97 Å². The normalized spacial score (nSPS) is 16.8. The second-order valence-corrected chi connectivity index (χ2v) is 5.21. The summed E-state index contributed by atoms with van der Waals surface area (Å²) in [6.45, 7) is 7.34. The Bertz CT molecular complexity index is 395. The molecule has 0 amide bonds. The maximum atomic E-state index is 4.80. The fourth-order valence-corrected chi connectivity index (χ4v) is 2.90. The summed E-state index contributed by atoms with van der Waals surface area (Å²) in [7, 11) is 0. The number of nitrogens with one attached hydrogen (secondary N) is 1. The SMILES string of the molecule is CCNc1nc(C2CCCCC2)nc(C)c1CC. The van der Waals surface area contributed by atoms with E-state index in [1.54, 1.807) is 0 Å². The number of nitrogens with zero attached hydrogens (tertiary/aromatic N) is 2. The van der Waals surface area contributed by atoms with Crippen LogP contribution in [0.3, 0.4) is 0 Å². The molecule has 0 bridgehead atoms. The number of rotatable bonds is 4. The molecule has 3 nitrogen and oxygen atoms in total. The zero-order valence-electron chi connectivity index (χ0n) is 11.9. The molecule has 0 unspecified atom stereocenters. The Morgan fingerprint density at radius 1 is 1.11 bits per heavy atom. The summed E-state index contributed by atoms with van der Waals surface area (Å²) < 4.78 is 0. The third-order valence-corrected chi connectivity index (χ3v) is 3.90. The van der Waals surface area contributed by atoms with E-state index in [1.165, 1.54) is 37.7 Å². The number of aromatic nitrogens is 2. The lowest BCUT2D eigenvalue weighted by Crippen LogP contribution is -2.14. The Hall–Kier alpha value is -1.12. The summed E-state index contributed by atoms with van der Waals surface area (Å²) in [5.74, 6) is 2.72. The lowest BCUT2D eigenvalue weighted by atomic mass is 9.88. The largest absolute Gasteiger partial charge is 0.370 e. The second-order valence-electron chi connectivity index (χ2n) is 5.21. The van der Waals surface area contributed by atoms with Crippen molar-refractivity contribution in [1.29, 1.82) is 0 Å². The third-order valence-electron chi connectivity index (χ3n) is 3.90. The molecule has 1 aliphatic carbocycles. The van der Waals surface area contributed by atoms with E-state index in [0.29, 0.717) is 5.92 Å². The van der Waals surface area contributed by atoms with Gasteiger partial charge in [-0.3, -0.25) is 0 Å². The number of aryl methyl sites for hydroxylation is 1. The van der Waals surface area contributed by atoms with Crippen LogP contribution >= 0.6 is 0 Å². The van der Waals surface area contributed by atoms with Gasteiger partial charge in [-0.15, -0.1) is 0 Å². The van der Waals surface area contributed by atoms with Gasteiger partial charge in [-0.05, 0) is 33.1 Å². The van der Waals surface area contributed by atoms with Crippen molar-refractivity contribution in [2.75, 3.05) is 11.9 Å². The number of hydrogen-bond acceptors (Lipinski definition) is 3. The average Bonchev–Trinajstić information content (AvgIpc) is 2.40. The van der Waals surface area contributed by atoms with Gasteiger partial charge < -0.3 is 5.32 Å². The Morgan fingerprint density at radius 3 is 2.44 bits per heavy atom. The van der Waals surface area contributed by atoms with Crippen LogP contribution in [-0.2, 0) is 6.42 Å². The van der Waals surface area contributed by atoms with Gasteiger partial charge in [0.2, 0.25) is 0 Å². The van der Waals surface area contributed by atoms with Gasteiger partial charge >= 0.3 is 0 Å². The van der Waals surface area contributed by atoms with Crippen LogP contribution in [0.5, 0.6) is 0 Å². The predicted octanol–water partition coefficient (Wildman–Crippen LogP) is 3.83. The first kappa shape index (κ1) is 13.3. The molecule has 100 valence electrons. The van der Waals surface area contributed by atoms with Crippen LogP contribution in [0.1, 0.15) is 69.0 Å². The maximum absolute atomic E-state index is 4.80. The fourth-order valence-electron chi connectivity index (χ4n) is 2.90. The van der Waals surface area contributed by atoms with Gasteiger partial charge in [-0.1, -0.05) is 26.2 Å². The van der Waals surface area contributed by atoms with E-state index in [0.717, 1.165) is 30.3 Å². The Morgan fingerprint density at radius 2 is 1.83 bits per heavy atom. The topological polar surface area (TPSA) is 37.8 Å². The lowest BCUT2D eigenvalue weighted by Gasteiger charge is -2.22. The van der Waals surface area contributed by atoms with Gasteiger partial charge in [0.25, 0.3) is 0 Å². The minimum absolute atomic E-state index is 0.584. The molecule has 0 saturated heterocycles. The van der Waals surface area contributed by atoms with Crippen LogP contribution in [0, 0.1) is 6.92 Å². The number of hydrogen-bond donors (Lipinski definition) is 1. The highest BCUT2D eigenvalue weighted by molar-refractivity contribution is 5.46. The first-order chi connectivity index (χ1) is 8.76. The van der Waals surface area contributed by atoms with E-state index in [9.17, 15) is 0 Å². The van der Waals surface area contributed by atoms with Gasteiger partial charge in [0.05, 0.1) is 0 Å². The molecule has 0 atom stereocenters. The van der Waals surface area contributed by atoms with Gasteiger partial charge in [0.15, 0.2) is 0 Å². The van der Waals surface area contributed by atoms with E-state index >= 15 is 0 Å². The van der Waals surface area contributed by atoms with Crippen LogP contribution in [0.25, 0.3) is 0 Å². The van der Waals surface area contributed by atoms with Crippen molar-refractivity contribution in [2.24, 2.45) is 0 Å². The lowest BCUT2D eigenvalue weighted by molar-refractivity contribution is 0.428. The average molecular weight is 247 g/mol. The van der Waals surface area contributed by atoms with Crippen LogP contribution in [0.2, 0.25) is 0 Å². The summed E-state index contributed by atoms with van der Waals surface area (Å²) in [5, 5.41) is 3.40. The van der Waals surface area contributed by atoms with Crippen molar-refractivity contribution in [3.05, 3.63) is 17.1 Å². The summed E-state index contributed by atoms with van der Waals surface area (Å²) in [6, 6.07) is 0. The monoisotopic (exact) mass is 247 g/mol. The molecule has 1 heterocycles. The highest BCUT2D eigenvalue weighted by Gasteiger charge is 2.20. The van der Waals surface area contributed by atoms with Crippen molar-refractivity contribution in [3.63, 3.8) is 0 Å². The van der Waals surface area contributed by atoms with Gasteiger partial charge in [0, 0.05) is 23.7 Å². The van der Waals surface area contributed by atoms with Crippen molar-refractivity contribution < 1.29 is 0 Å². The van der Waals surface area contributed by atoms with E-state index in [2.05, 4.69) is 26.1 Å². The van der Waals surface area contributed by atoms with E-state index in [1.807, 2.05) is 0 Å². The minimum atomic E-state index is 0.584. The van der Waals surface area contributed by atoms with Gasteiger partial charge in [0.1, 0.15) is 11.6 Å². The molecule has 1 aromatic rings. The van der Waals surface area contributed by atoms with Crippen LogP contribution in [0.4, 0.5) is 5.82 Å². The zero-order valence-corrected chi connectivity index (χ0v) is 11.9. The highest BCUT2D eigenvalue weighted by atomic mass is 15.0. The molecule has 18 heavy (non-hydrogen) atoms.